The van der Waals surface area contributed by atoms with Crippen LogP contribution in [0.1, 0.15) is 26.2 Å². The standard InChI is InChI=1S/C11H15N5O4/c1-3-4-5-6-15-7-8(12-10(15)16(19)20)14(2)11(18)13-9(7)17/h3-6H2,1-2H3,(H,13,17,18). The van der Waals surface area contributed by atoms with Crippen LogP contribution in [0.3, 0.4) is 0 Å². The van der Waals surface area contributed by atoms with Crippen molar-refractivity contribution in [3.63, 3.8) is 0 Å². The highest BCUT2D eigenvalue weighted by Crippen LogP contribution is 2.18. The van der Waals surface area contributed by atoms with Crippen molar-refractivity contribution in [3.05, 3.63) is 31.0 Å². The van der Waals surface area contributed by atoms with E-state index in [1.807, 2.05) is 6.92 Å². The van der Waals surface area contributed by atoms with Gasteiger partial charge in [0, 0.05) is 7.05 Å². The molecule has 0 fully saturated rings. The molecule has 0 bridgehead atoms. The number of nitrogens with zero attached hydrogens (tertiary/aromatic N) is 4. The molecule has 0 aromatic carbocycles. The molecule has 0 aliphatic rings. The van der Waals surface area contributed by atoms with E-state index in [2.05, 4.69) is 9.97 Å². The molecule has 2 aromatic rings. The van der Waals surface area contributed by atoms with Crippen molar-refractivity contribution < 1.29 is 4.92 Å². The van der Waals surface area contributed by atoms with Crippen molar-refractivity contribution in [2.75, 3.05) is 0 Å². The molecule has 0 aliphatic heterocycles. The predicted octanol–water partition coefficient (Wildman–Crippen LogP) is 0.522. The zero-order valence-corrected chi connectivity index (χ0v) is 11.3. The summed E-state index contributed by atoms with van der Waals surface area (Å²) in [4.78, 5) is 39.7. The Hall–Kier alpha value is -2.45. The summed E-state index contributed by atoms with van der Waals surface area (Å²) in [5.41, 5.74) is -1.20. The van der Waals surface area contributed by atoms with Crippen molar-refractivity contribution in [1.29, 1.82) is 0 Å². The van der Waals surface area contributed by atoms with Crippen LogP contribution < -0.4 is 11.2 Å². The molecule has 108 valence electrons. The molecule has 9 heteroatoms. The molecule has 0 spiro atoms. The van der Waals surface area contributed by atoms with Gasteiger partial charge in [-0.2, -0.15) is 0 Å². The maximum absolute atomic E-state index is 11.9. The zero-order valence-electron chi connectivity index (χ0n) is 11.3. The fraction of sp³-hybridized carbons (Fsp3) is 0.545. The molecule has 0 amide bonds. The number of nitro groups is 1. The Morgan fingerprint density at radius 2 is 2.05 bits per heavy atom. The number of hydrogen-bond acceptors (Lipinski definition) is 5. The first-order valence-electron chi connectivity index (χ1n) is 6.31. The van der Waals surface area contributed by atoms with Crippen molar-refractivity contribution in [1.82, 2.24) is 19.1 Å². The van der Waals surface area contributed by atoms with Crippen LogP contribution in [0.4, 0.5) is 5.95 Å². The summed E-state index contributed by atoms with van der Waals surface area (Å²) in [6.45, 7) is 2.33. The number of unbranched alkanes of at least 4 members (excludes halogenated alkanes) is 2. The van der Waals surface area contributed by atoms with Crippen LogP contribution in [-0.4, -0.2) is 24.0 Å². The van der Waals surface area contributed by atoms with Gasteiger partial charge < -0.3 is 10.1 Å². The molecule has 20 heavy (non-hydrogen) atoms. The Bertz CT molecular complexity index is 769. The number of aryl methyl sites for hydroxylation is 2. The second kappa shape index (κ2) is 5.27. The summed E-state index contributed by atoms with van der Waals surface area (Å²) in [6.07, 6.45) is 2.54. The van der Waals surface area contributed by atoms with Crippen molar-refractivity contribution in [3.8, 4) is 0 Å². The monoisotopic (exact) mass is 281 g/mol. The molecule has 2 heterocycles. The van der Waals surface area contributed by atoms with Crippen LogP contribution in [0.15, 0.2) is 9.59 Å². The van der Waals surface area contributed by atoms with Gasteiger partial charge in [-0.3, -0.25) is 14.3 Å². The first-order valence-corrected chi connectivity index (χ1v) is 6.31. The Kier molecular flexibility index (Phi) is 3.68. The maximum atomic E-state index is 11.9. The number of imidazole rings is 1. The fourth-order valence-electron chi connectivity index (χ4n) is 2.09. The Balaban J connectivity index is 2.72. The second-order valence-corrected chi connectivity index (χ2v) is 4.52. The lowest BCUT2D eigenvalue weighted by atomic mass is 10.2. The summed E-state index contributed by atoms with van der Waals surface area (Å²) >= 11 is 0. The number of hydrogen-bond donors (Lipinski definition) is 1. The van der Waals surface area contributed by atoms with Crippen molar-refractivity contribution in [2.24, 2.45) is 7.05 Å². The van der Waals surface area contributed by atoms with E-state index >= 15 is 0 Å². The van der Waals surface area contributed by atoms with Gasteiger partial charge in [-0.1, -0.05) is 19.8 Å². The van der Waals surface area contributed by atoms with E-state index < -0.39 is 22.1 Å². The van der Waals surface area contributed by atoms with Gasteiger partial charge in [-0.25, -0.2) is 9.36 Å². The van der Waals surface area contributed by atoms with E-state index in [0.29, 0.717) is 13.0 Å². The highest BCUT2D eigenvalue weighted by atomic mass is 16.6. The van der Waals surface area contributed by atoms with Gasteiger partial charge in [-0.05, 0) is 16.3 Å². The minimum absolute atomic E-state index is 0.0296. The Labute approximate surface area is 113 Å². The Morgan fingerprint density at radius 1 is 1.35 bits per heavy atom. The maximum Gasteiger partial charge on any atom is 0.437 e. The minimum atomic E-state index is -0.653. The smallest absolute Gasteiger partial charge is 0.390 e. The first kappa shape index (κ1) is 14.0. The molecule has 0 aliphatic carbocycles. The highest BCUT2D eigenvalue weighted by molar-refractivity contribution is 5.72. The van der Waals surface area contributed by atoms with Gasteiger partial charge in [0.2, 0.25) is 5.52 Å². The third-order valence-electron chi connectivity index (χ3n) is 3.14. The summed E-state index contributed by atoms with van der Waals surface area (Å²) in [7, 11) is 1.41. The normalized spacial score (nSPS) is 11.1. The molecule has 0 saturated heterocycles. The van der Waals surface area contributed by atoms with Crippen LogP contribution >= 0.6 is 0 Å². The largest absolute Gasteiger partial charge is 0.437 e. The van der Waals surface area contributed by atoms with Crippen molar-refractivity contribution in [2.45, 2.75) is 32.7 Å². The molecule has 0 atom stereocenters. The second-order valence-electron chi connectivity index (χ2n) is 4.52. The molecular formula is C11H15N5O4. The van der Waals surface area contributed by atoms with Gasteiger partial charge in [-0.15, -0.1) is 0 Å². The number of H-pyrrole nitrogens is 1. The number of rotatable bonds is 5. The molecule has 2 rings (SSSR count). The van der Waals surface area contributed by atoms with E-state index in [9.17, 15) is 19.7 Å². The van der Waals surface area contributed by atoms with Gasteiger partial charge in [0.15, 0.2) is 0 Å². The average molecular weight is 281 g/mol. The van der Waals surface area contributed by atoms with E-state index in [4.69, 9.17) is 0 Å². The lowest BCUT2D eigenvalue weighted by Gasteiger charge is -2.01. The third kappa shape index (κ3) is 2.22. The summed E-state index contributed by atoms with van der Waals surface area (Å²) in [6, 6.07) is 0. The van der Waals surface area contributed by atoms with Crippen LogP contribution in [0.2, 0.25) is 0 Å². The quantitative estimate of drug-likeness (QED) is 0.487. The van der Waals surface area contributed by atoms with Crippen LogP contribution in [0, 0.1) is 10.1 Å². The number of fused-ring (bicyclic) bond motifs is 1. The number of aromatic amines is 1. The lowest BCUT2D eigenvalue weighted by molar-refractivity contribution is -0.396. The predicted molar refractivity (Wildman–Crippen MR) is 71.8 cm³/mol. The first-order chi connectivity index (χ1) is 9.47. The molecule has 2 aromatic heterocycles. The van der Waals surface area contributed by atoms with Crippen LogP contribution in [-0.2, 0) is 13.6 Å². The average Bonchev–Trinajstić information content (AvgIpc) is 2.77. The SMILES string of the molecule is CCCCCn1c([N+](=O)[O-])nc2c1c(=O)[nH]c(=O)n2C. The van der Waals surface area contributed by atoms with E-state index in [0.717, 1.165) is 17.4 Å². The number of nitrogens with one attached hydrogen (secondary N) is 1. The molecule has 0 unspecified atom stereocenters. The van der Waals surface area contributed by atoms with Gasteiger partial charge in [0.25, 0.3) is 11.2 Å². The van der Waals surface area contributed by atoms with E-state index in [1.54, 1.807) is 0 Å². The zero-order chi connectivity index (χ0) is 14.9. The summed E-state index contributed by atoms with van der Waals surface area (Å²) in [5, 5.41) is 11.1. The summed E-state index contributed by atoms with van der Waals surface area (Å²) in [5.74, 6) is -0.414. The van der Waals surface area contributed by atoms with Gasteiger partial charge in [0.1, 0.15) is 0 Å². The molecule has 0 saturated carbocycles. The van der Waals surface area contributed by atoms with Gasteiger partial charge >= 0.3 is 11.6 Å². The fourth-order valence-corrected chi connectivity index (χ4v) is 2.09. The highest BCUT2D eigenvalue weighted by Gasteiger charge is 2.26. The minimum Gasteiger partial charge on any atom is -0.390 e. The van der Waals surface area contributed by atoms with Crippen LogP contribution in [0.25, 0.3) is 11.2 Å². The lowest BCUT2D eigenvalue weighted by Crippen LogP contribution is -2.29. The molecule has 1 N–H and O–H groups in total. The van der Waals surface area contributed by atoms with E-state index in [1.165, 1.54) is 11.6 Å². The third-order valence-corrected chi connectivity index (χ3v) is 3.14. The molecule has 9 nitrogen and oxygen atoms in total. The summed E-state index contributed by atoms with van der Waals surface area (Å²) < 4.78 is 2.36. The number of aromatic nitrogens is 4. The molecule has 0 radical (unpaired) electrons. The van der Waals surface area contributed by atoms with E-state index in [-0.39, 0.29) is 11.2 Å². The Morgan fingerprint density at radius 3 is 2.65 bits per heavy atom. The topological polar surface area (TPSA) is 116 Å². The van der Waals surface area contributed by atoms with Crippen LogP contribution in [0.5, 0.6) is 0 Å². The molecular weight excluding hydrogens is 266 g/mol. The van der Waals surface area contributed by atoms with Crippen molar-refractivity contribution >= 4 is 17.1 Å². The van der Waals surface area contributed by atoms with Gasteiger partial charge in [0.05, 0.1) is 6.54 Å².